The molecule has 0 unspecified atom stereocenters. The maximum Gasteiger partial charge on any atom is 0.302 e. The molecule has 4 aliphatic carbocycles. The number of hydrogen-bond donors (Lipinski definition) is 0. The summed E-state index contributed by atoms with van der Waals surface area (Å²) < 4.78 is 5.64. The highest BCUT2D eigenvalue weighted by molar-refractivity contribution is 5.66. The van der Waals surface area contributed by atoms with E-state index >= 15 is 0 Å². The van der Waals surface area contributed by atoms with Crippen molar-refractivity contribution in [1.82, 2.24) is 0 Å². The van der Waals surface area contributed by atoms with Crippen LogP contribution in [0.25, 0.3) is 0 Å². The second-order valence-corrected chi connectivity index (χ2v) is 13.0. The van der Waals surface area contributed by atoms with E-state index in [2.05, 4.69) is 59.8 Å². The first-order valence-electron chi connectivity index (χ1n) is 14.2. The normalized spacial score (nSPS) is 42.3. The number of carbonyl (C=O) groups is 1. The van der Waals surface area contributed by atoms with Crippen LogP contribution >= 0.6 is 0 Å². The summed E-state index contributed by atoms with van der Waals surface area (Å²) in [7, 11) is 0. The van der Waals surface area contributed by atoms with Crippen LogP contribution in [0, 0.1) is 52.3 Å². The average Bonchev–Trinajstić information content (AvgIpc) is 3.11. The molecular weight excluding hydrogens is 404 g/mol. The number of allylic oxidation sites excluding steroid dienone is 4. The Morgan fingerprint density at radius 3 is 2.42 bits per heavy atom. The fourth-order valence-corrected chi connectivity index (χ4v) is 9.00. The number of hydrogen-bond acceptors (Lipinski definition) is 2. The van der Waals surface area contributed by atoms with E-state index in [1.54, 1.807) is 6.92 Å². The number of rotatable bonds is 6. The lowest BCUT2D eigenvalue weighted by molar-refractivity contribution is -0.152. The molecule has 0 N–H and O–H groups in total. The summed E-state index contributed by atoms with van der Waals surface area (Å²) in [5.41, 5.74) is 2.70. The van der Waals surface area contributed by atoms with E-state index in [4.69, 9.17) is 4.74 Å². The minimum absolute atomic E-state index is 0.108. The maximum absolute atomic E-state index is 11.5. The second kappa shape index (κ2) is 9.54. The predicted octanol–water partition coefficient (Wildman–Crippen LogP) is 8.37. The topological polar surface area (TPSA) is 26.3 Å². The molecule has 9 atom stereocenters. The monoisotopic (exact) mass is 454 g/mol. The molecule has 0 radical (unpaired) electrons. The molecule has 3 fully saturated rings. The molecule has 0 aromatic rings. The highest BCUT2D eigenvalue weighted by atomic mass is 16.5. The summed E-state index contributed by atoms with van der Waals surface area (Å²) in [4.78, 5) is 11.5. The quantitative estimate of drug-likeness (QED) is 0.297. The highest BCUT2D eigenvalue weighted by Gasteiger charge is 2.58. The molecule has 0 bridgehead atoms. The van der Waals surface area contributed by atoms with Crippen LogP contribution in [0.3, 0.4) is 0 Å². The summed E-state index contributed by atoms with van der Waals surface area (Å²) in [6, 6.07) is 0. The van der Waals surface area contributed by atoms with Gasteiger partial charge in [0.15, 0.2) is 0 Å². The van der Waals surface area contributed by atoms with Crippen molar-refractivity contribution in [3.8, 4) is 0 Å². The van der Waals surface area contributed by atoms with Gasteiger partial charge in [0, 0.05) is 6.92 Å². The zero-order valence-electron chi connectivity index (χ0n) is 22.5. The zero-order chi connectivity index (χ0) is 24.0. The van der Waals surface area contributed by atoms with Crippen LogP contribution < -0.4 is 0 Å². The number of ether oxygens (including phenoxy) is 1. The summed E-state index contributed by atoms with van der Waals surface area (Å²) in [5, 5.41) is 0. The summed E-state index contributed by atoms with van der Waals surface area (Å²) in [6.07, 6.45) is 19.3. The smallest absolute Gasteiger partial charge is 0.302 e. The van der Waals surface area contributed by atoms with Crippen molar-refractivity contribution in [3.63, 3.8) is 0 Å². The van der Waals surface area contributed by atoms with E-state index in [0.29, 0.717) is 28.6 Å². The van der Waals surface area contributed by atoms with E-state index in [9.17, 15) is 4.79 Å². The molecule has 3 saturated carbocycles. The number of fused-ring (bicyclic) bond motifs is 5. The Morgan fingerprint density at radius 2 is 1.76 bits per heavy atom. The van der Waals surface area contributed by atoms with Gasteiger partial charge in [-0.05, 0) is 110 Å². The molecule has 0 aliphatic heterocycles. The van der Waals surface area contributed by atoms with E-state index in [1.165, 1.54) is 44.9 Å². The Hall–Kier alpha value is -1.05. The van der Waals surface area contributed by atoms with Crippen LogP contribution in [0.4, 0.5) is 0 Å². The zero-order valence-corrected chi connectivity index (χ0v) is 22.5. The predicted molar refractivity (Wildman–Crippen MR) is 138 cm³/mol. The standard InChI is InChI=1S/C31H50O2/c1-8-23(20(2)3)10-9-21(4)27-13-14-28-26-12-11-24-19-25(33-22(5)32)15-17-30(24,6)29(26)16-18-31(27,28)7/h9-10,12,20-21,23-25,27-29H,8,11,13-19H2,1-7H3/b10-9+/t21-,23-,24+,25+,27-,28+,29+,30+,31-/m1/s1. The number of carbonyl (C=O) groups excluding carboxylic acids is 1. The molecule has 186 valence electrons. The van der Waals surface area contributed by atoms with Crippen molar-refractivity contribution in [2.24, 2.45) is 52.3 Å². The highest BCUT2D eigenvalue weighted by Crippen LogP contribution is 2.66. The molecule has 2 nitrogen and oxygen atoms in total. The molecule has 0 aromatic heterocycles. The van der Waals surface area contributed by atoms with Crippen molar-refractivity contribution < 1.29 is 9.53 Å². The van der Waals surface area contributed by atoms with Crippen LogP contribution in [-0.4, -0.2) is 12.1 Å². The van der Waals surface area contributed by atoms with E-state index < -0.39 is 0 Å². The van der Waals surface area contributed by atoms with Gasteiger partial charge >= 0.3 is 5.97 Å². The van der Waals surface area contributed by atoms with Gasteiger partial charge in [0.25, 0.3) is 0 Å². The molecule has 0 saturated heterocycles. The molecule has 0 amide bonds. The minimum atomic E-state index is -0.108. The molecule has 4 aliphatic rings. The third-order valence-electron chi connectivity index (χ3n) is 11.1. The Balaban J connectivity index is 1.50. The Labute approximate surface area is 204 Å². The summed E-state index contributed by atoms with van der Waals surface area (Å²) >= 11 is 0. The second-order valence-electron chi connectivity index (χ2n) is 13.0. The first-order chi connectivity index (χ1) is 15.6. The van der Waals surface area contributed by atoms with Gasteiger partial charge in [0.05, 0.1) is 0 Å². The summed E-state index contributed by atoms with van der Waals surface area (Å²) in [5.74, 6) is 5.05. The Morgan fingerprint density at radius 1 is 1.06 bits per heavy atom. The van der Waals surface area contributed by atoms with Gasteiger partial charge in [-0.15, -0.1) is 0 Å². The largest absolute Gasteiger partial charge is 0.463 e. The van der Waals surface area contributed by atoms with Gasteiger partial charge < -0.3 is 4.74 Å². The van der Waals surface area contributed by atoms with Crippen molar-refractivity contribution in [1.29, 1.82) is 0 Å². The van der Waals surface area contributed by atoms with Crippen molar-refractivity contribution in [2.75, 3.05) is 0 Å². The SMILES string of the molecule is CC[C@H](/C=C/[C@@H](C)[C@H]1CC[C@H]2C3=CC[C@H]4C[C@@H](OC(C)=O)CC[C@]4(C)[C@H]3CC[C@]12C)C(C)C. The van der Waals surface area contributed by atoms with Gasteiger partial charge in [-0.2, -0.15) is 0 Å². The van der Waals surface area contributed by atoms with Gasteiger partial charge in [-0.25, -0.2) is 0 Å². The van der Waals surface area contributed by atoms with Crippen LogP contribution in [0.1, 0.15) is 106 Å². The molecule has 0 aromatic carbocycles. The van der Waals surface area contributed by atoms with Gasteiger partial charge in [-0.1, -0.05) is 65.3 Å². The van der Waals surface area contributed by atoms with Crippen molar-refractivity contribution >= 4 is 5.97 Å². The molecule has 2 heteroatoms. The average molecular weight is 455 g/mol. The number of esters is 1. The third kappa shape index (κ3) is 4.50. The third-order valence-corrected chi connectivity index (χ3v) is 11.1. The lowest BCUT2D eigenvalue weighted by Gasteiger charge is -2.58. The van der Waals surface area contributed by atoms with E-state index in [-0.39, 0.29) is 12.1 Å². The fourth-order valence-electron chi connectivity index (χ4n) is 9.00. The van der Waals surface area contributed by atoms with E-state index in [1.807, 2.05) is 5.57 Å². The van der Waals surface area contributed by atoms with Crippen molar-refractivity contribution in [2.45, 2.75) is 112 Å². The lowest BCUT2D eigenvalue weighted by atomic mass is 9.47. The molecule has 4 rings (SSSR count). The van der Waals surface area contributed by atoms with E-state index in [0.717, 1.165) is 36.5 Å². The Bertz CT molecular complexity index is 778. The van der Waals surface area contributed by atoms with Crippen molar-refractivity contribution in [3.05, 3.63) is 23.8 Å². The lowest BCUT2D eigenvalue weighted by Crippen LogP contribution is -2.50. The first-order valence-corrected chi connectivity index (χ1v) is 14.2. The first kappa shape index (κ1) is 25.1. The summed E-state index contributed by atoms with van der Waals surface area (Å²) in [6.45, 7) is 16.3. The molecule has 33 heavy (non-hydrogen) atoms. The fraction of sp³-hybridized carbons (Fsp3) is 0.839. The van der Waals surface area contributed by atoms with Gasteiger partial charge in [0.1, 0.15) is 6.10 Å². The maximum atomic E-state index is 11.5. The van der Waals surface area contributed by atoms with Crippen LogP contribution in [-0.2, 0) is 9.53 Å². The Kier molecular flexibility index (Phi) is 7.24. The van der Waals surface area contributed by atoms with Crippen LogP contribution in [0.15, 0.2) is 23.8 Å². The molecular formula is C31H50O2. The van der Waals surface area contributed by atoms with Gasteiger partial charge in [0.2, 0.25) is 0 Å². The molecule has 0 heterocycles. The van der Waals surface area contributed by atoms with Crippen LogP contribution in [0.5, 0.6) is 0 Å². The molecule has 0 spiro atoms. The van der Waals surface area contributed by atoms with Crippen LogP contribution in [0.2, 0.25) is 0 Å². The van der Waals surface area contributed by atoms with Gasteiger partial charge in [-0.3, -0.25) is 4.79 Å². The minimum Gasteiger partial charge on any atom is -0.463 e.